The zero-order valence-corrected chi connectivity index (χ0v) is 17.8. The van der Waals surface area contributed by atoms with Crippen LogP contribution in [0.4, 0.5) is 0 Å². The lowest BCUT2D eigenvalue weighted by Gasteiger charge is -2.09. The van der Waals surface area contributed by atoms with Crippen LogP contribution in [0.1, 0.15) is 110 Å². The van der Waals surface area contributed by atoms with Gasteiger partial charge in [0.2, 0.25) is 5.52 Å². The molecule has 3 N–H and O–H groups in total. The van der Waals surface area contributed by atoms with Crippen LogP contribution >= 0.6 is 7.60 Å². The van der Waals surface area contributed by atoms with Crippen molar-refractivity contribution in [1.82, 2.24) is 0 Å². The lowest BCUT2D eigenvalue weighted by Crippen LogP contribution is -2.10. The molecule has 0 fully saturated rings. The average molecular weight is 392 g/mol. The number of unbranched alkanes of at least 4 members (excludes halogenated alkanes) is 14. The van der Waals surface area contributed by atoms with Gasteiger partial charge in [-0.05, 0) is 6.42 Å². The van der Waals surface area contributed by atoms with Crippen LogP contribution in [0, 0.1) is 0 Å². The summed E-state index contributed by atoms with van der Waals surface area (Å²) in [6, 6.07) is 0. The minimum atomic E-state index is -4.11. The van der Waals surface area contributed by atoms with Crippen LogP contribution < -0.4 is 5.73 Å². The highest BCUT2D eigenvalue weighted by Crippen LogP contribution is 2.44. The first-order valence-corrected chi connectivity index (χ1v) is 12.3. The lowest BCUT2D eigenvalue weighted by atomic mass is 10.0. The molecular formula is C20H42NO4P. The van der Waals surface area contributed by atoms with Crippen molar-refractivity contribution in [1.29, 1.82) is 0 Å². The van der Waals surface area contributed by atoms with Crippen molar-refractivity contribution >= 4 is 13.1 Å². The fourth-order valence-electron chi connectivity index (χ4n) is 3.04. The summed E-state index contributed by atoms with van der Waals surface area (Å²) in [7, 11) is -4.11. The van der Waals surface area contributed by atoms with Gasteiger partial charge in [0, 0.05) is 13.0 Å². The van der Waals surface area contributed by atoms with E-state index < -0.39 is 13.1 Å². The fourth-order valence-corrected chi connectivity index (χ4v) is 3.97. The van der Waals surface area contributed by atoms with E-state index in [2.05, 4.69) is 11.4 Å². The van der Waals surface area contributed by atoms with Gasteiger partial charge in [0.1, 0.15) is 0 Å². The van der Waals surface area contributed by atoms with Crippen molar-refractivity contribution in [2.45, 2.75) is 110 Å². The van der Waals surface area contributed by atoms with E-state index in [1.165, 1.54) is 77.0 Å². The van der Waals surface area contributed by atoms with Gasteiger partial charge >= 0.3 is 7.60 Å². The zero-order valence-electron chi connectivity index (χ0n) is 16.9. The number of carbonyl (C=O) groups is 1. The van der Waals surface area contributed by atoms with Crippen molar-refractivity contribution < 1.29 is 18.8 Å². The number of nitrogens with two attached hydrogens (primary N) is 1. The maximum absolute atomic E-state index is 11.6. The molecule has 0 aliphatic carbocycles. The van der Waals surface area contributed by atoms with Gasteiger partial charge in [-0.15, -0.1) is 0 Å². The second-order valence-corrected chi connectivity index (χ2v) is 9.03. The molecule has 26 heavy (non-hydrogen) atoms. The van der Waals surface area contributed by atoms with Crippen LogP contribution in [0.5, 0.6) is 0 Å². The maximum atomic E-state index is 11.6. The molecule has 0 aromatic heterocycles. The smallest absolute Gasteiger partial charge is 0.328 e. The summed E-state index contributed by atoms with van der Waals surface area (Å²) in [4.78, 5) is 21.1. The third-order valence-electron chi connectivity index (χ3n) is 4.69. The van der Waals surface area contributed by atoms with Crippen molar-refractivity contribution in [3.8, 4) is 0 Å². The van der Waals surface area contributed by atoms with Gasteiger partial charge in [-0.3, -0.25) is 9.36 Å². The Morgan fingerprint density at radius 2 is 1.19 bits per heavy atom. The average Bonchev–Trinajstić information content (AvgIpc) is 2.63. The Bertz CT molecular complexity index is 377. The molecule has 0 aromatic rings. The predicted molar refractivity (Wildman–Crippen MR) is 109 cm³/mol. The highest BCUT2D eigenvalue weighted by atomic mass is 31.2. The molecule has 156 valence electrons. The first kappa shape index (κ1) is 25.8. The Morgan fingerprint density at radius 3 is 1.58 bits per heavy atom. The molecule has 0 amide bonds. The summed E-state index contributed by atoms with van der Waals surface area (Å²) in [5.41, 5.74) is 4.52. The van der Waals surface area contributed by atoms with Crippen LogP contribution in [0.2, 0.25) is 0 Å². The molecule has 0 heterocycles. The largest absolute Gasteiger partial charge is 0.394 e. The molecular weight excluding hydrogens is 349 g/mol. The van der Waals surface area contributed by atoms with Gasteiger partial charge in [0.25, 0.3) is 0 Å². The second kappa shape index (κ2) is 18.2. The van der Waals surface area contributed by atoms with E-state index in [4.69, 9.17) is 5.73 Å². The van der Waals surface area contributed by atoms with Gasteiger partial charge in [-0.25, -0.2) is 0 Å². The molecule has 1 unspecified atom stereocenters. The highest BCUT2D eigenvalue weighted by Gasteiger charge is 2.29. The minimum absolute atomic E-state index is 0.0572. The summed E-state index contributed by atoms with van der Waals surface area (Å²) in [5, 5.41) is 0. The number of hydrogen-bond donors (Lipinski definition) is 2. The maximum Gasteiger partial charge on any atom is 0.394 e. The van der Waals surface area contributed by atoms with Gasteiger partial charge in [0.15, 0.2) is 0 Å². The Hall–Kier alpha value is -0.220. The SMILES string of the molecule is CCCCCCCCCCCCCCCCCC(=O)P(=O)(O)OCCN. The van der Waals surface area contributed by atoms with Gasteiger partial charge in [-0.2, -0.15) is 0 Å². The monoisotopic (exact) mass is 391 g/mol. The summed E-state index contributed by atoms with van der Waals surface area (Å²) < 4.78 is 16.2. The number of hydrogen-bond acceptors (Lipinski definition) is 4. The minimum Gasteiger partial charge on any atom is -0.328 e. The first-order valence-electron chi connectivity index (χ1n) is 10.8. The fraction of sp³-hybridized carbons (Fsp3) is 0.950. The molecule has 6 heteroatoms. The standard InChI is InChI=1S/C20H42NO4P/c1-2-3-4-5-6-7-8-9-10-11-12-13-14-15-16-17-20(22)26(23,24)25-19-18-21/h2-19,21H2,1H3,(H,23,24). The molecule has 0 saturated carbocycles. The van der Waals surface area contributed by atoms with E-state index in [1.807, 2.05) is 0 Å². The molecule has 5 nitrogen and oxygen atoms in total. The molecule has 0 aromatic carbocycles. The molecule has 0 rings (SSSR count). The Kier molecular flexibility index (Phi) is 18.0. The topological polar surface area (TPSA) is 89.6 Å². The molecule has 1 atom stereocenters. The zero-order chi connectivity index (χ0) is 19.5. The van der Waals surface area contributed by atoms with Crippen molar-refractivity contribution in [3.63, 3.8) is 0 Å². The molecule has 0 bridgehead atoms. The van der Waals surface area contributed by atoms with E-state index >= 15 is 0 Å². The van der Waals surface area contributed by atoms with Gasteiger partial charge in [-0.1, -0.05) is 96.8 Å². The van der Waals surface area contributed by atoms with Crippen LogP contribution in [0.25, 0.3) is 0 Å². The van der Waals surface area contributed by atoms with Crippen LogP contribution in [-0.4, -0.2) is 23.6 Å². The normalized spacial score (nSPS) is 13.7. The molecule has 0 aliphatic heterocycles. The second-order valence-electron chi connectivity index (χ2n) is 7.24. The quantitative estimate of drug-likeness (QED) is 0.198. The predicted octanol–water partition coefficient (Wildman–Crippen LogP) is 5.94. The molecule has 0 spiro atoms. The summed E-state index contributed by atoms with van der Waals surface area (Å²) >= 11 is 0. The molecule has 0 radical (unpaired) electrons. The van der Waals surface area contributed by atoms with Crippen LogP contribution in [0.15, 0.2) is 0 Å². The van der Waals surface area contributed by atoms with Gasteiger partial charge in [0.05, 0.1) is 6.61 Å². The lowest BCUT2D eigenvalue weighted by molar-refractivity contribution is -0.113. The van der Waals surface area contributed by atoms with E-state index in [-0.39, 0.29) is 19.6 Å². The Labute approximate surface area is 161 Å². The summed E-state index contributed by atoms with van der Waals surface area (Å²) in [5.74, 6) is 0. The third-order valence-corrected chi connectivity index (χ3v) is 6.08. The number of carbonyl (C=O) groups excluding carboxylic acids is 1. The Morgan fingerprint density at radius 1 is 0.808 bits per heavy atom. The van der Waals surface area contributed by atoms with Gasteiger partial charge < -0.3 is 15.2 Å². The Balaban J connectivity index is 3.31. The highest BCUT2D eigenvalue weighted by molar-refractivity contribution is 7.70. The molecule has 0 saturated heterocycles. The van der Waals surface area contributed by atoms with Crippen molar-refractivity contribution in [2.24, 2.45) is 5.73 Å². The van der Waals surface area contributed by atoms with Crippen LogP contribution in [-0.2, 0) is 13.9 Å². The van der Waals surface area contributed by atoms with E-state index in [0.29, 0.717) is 6.42 Å². The third kappa shape index (κ3) is 16.0. The summed E-state index contributed by atoms with van der Waals surface area (Å²) in [6.45, 7) is 2.34. The van der Waals surface area contributed by atoms with Crippen molar-refractivity contribution in [3.05, 3.63) is 0 Å². The van der Waals surface area contributed by atoms with E-state index in [9.17, 15) is 14.3 Å². The first-order chi connectivity index (χ1) is 12.5. The van der Waals surface area contributed by atoms with E-state index in [1.54, 1.807) is 0 Å². The van der Waals surface area contributed by atoms with Crippen LogP contribution in [0.3, 0.4) is 0 Å². The summed E-state index contributed by atoms with van der Waals surface area (Å²) in [6.07, 6.45) is 18.9. The molecule has 0 aliphatic rings. The number of rotatable bonds is 20. The van der Waals surface area contributed by atoms with Crippen molar-refractivity contribution in [2.75, 3.05) is 13.2 Å². The van der Waals surface area contributed by atoms with E-state index in [0.717, 1.165) is 12.8 Å².